The molecule has 0 radical (unpaired) electrons. The minimum atomic E-state index is -0.528. The Labute approximate surface area is 178 Å². The van der Waals surface area contributed by atoms with Gasteiger partial charge in [-0.05, 0) is 66.9 Å². The van der Waals surface area contributed by atoms with Gasteiger partial charge in [-0.3, -0.25) is 4.79 Å². The van der Waals surface area contributed by atoms with E-state index in [4.69, 9.17) is 14.2 Å². The van der Waals surface area contributed by atoms with E-state index in [1.54, 1.807) is 6.07 Å². The third-order valence-corrected chi connectivity index (χ3v) is 5.96. The molecule has 1 amide bonds. The maximum Gasteiger partial charge on any atom is 0.348 e. The second kappa shape index (κ2) is 8.59. The number of thiophene rings is 1. The van der Waals surface area contributed by atoms with E-state index in [-0.39, 0.29) is 12.5 Å². The molecule has 0 spiro atoms. The number of hydrogen-bond acceptors (Lipinski definition) is 6. The number of benzene rings is 2. The van der Waals surface area contributed by atoms with Gasteiger partial charge in [-0.1, -0.05) is 12.1 Å². The van der Waals surface area contributed by atoms with Crippen molar-refractivity contribution >= 4 is 28.9 Å². The molecule has 0 saturated carbocycles. The highest BCUT2D eigenvalue weighted by atomic mass is 32.1. The van der Waals surface area contributed by atoms with E-state index in [0.29, 0.717) is 29.5 Å². The van der Waals surface area contributed by atoms with Crippen molar-refractivity contribution in [3.05, 3.63) is 64.5 Å². The standard InChI is InChI=1S/C23H21NO5S/c1-14-4-3-5-17(15(14)2)24-22(25)13-29-23(26)21-9-8-20(30-21)16-6-7-18-19(12-16)28-11-10-27-18/h3-9,12H,10-11,13H2,1-2H3,(H,24,25). The van der Waals surface area contributed by atoms with E-state index in [0.717, 1.165) is 27.3 Å². The number of ether oxygens (including phenoxy) is 3. The average Bonchev–Trinajstić information content (AvgIpc) is 3.25. The molecular weight excluding hydrogens is 402 g/mol. The molecule has 0 unspecified atom stereocenters. The molecule has 1 aliphatic rings. The smallest absolute Gasteiger partial charge is 0.348 e. The molecule has 0 fully saturated rings. The van der Waals surface area contributed by atoms with Crippen molar-refractivity contribution in [2.24, 2.45) is 0 Å². The summed E-state index contributed by atoms with van der Waals surface area (Å²) in [5.41, 5.74) is 3.71. The number of carbonyl (C=O) groups excluding carboxylic acids is 2. The van der Waals surface area contributed by atoms with Crippen LogP contribution in [0.2, 0.25) is 0 Å². The summed E-state index contributed by atoms with van der Waals surface area (Å²) in [5, 5.41) is 2.78. The van der Waals surface area contributed by atoms with Crippen LogP contribution in [-0.4, -0.2) is 31.7 Å². The number of fused-ring (bicyclic) bond motifs is 1. The zero-order valence-corrected chi connectivity index (χ0v) is 17.5. The zero-order chi connectivity index (χ0) is 21.1. The fourth-order valence-corrected chi connectivity index (χ4v) is 3.97. The Bertz CT molecular complexity index is 1100. The Balaban J connectivity index is 1.37. The Kier molecular flexibility index (Phi) is 5.72. The maximum atomic E-state index is 12.4. The predicted octanol–water partition coefficient (Wildman–Crippen LogP) is 4.60. The number of esters is 1. The summed E-state index contributed by atoms with van der Waals surface area (Å²) in [6, 6.07) is 14.9. The molecule has 7 heteroatoms. The molecular formula is C23H21NO5S. The first-order valence-corrected chi connectivity index (χ1v) is 10.4. The molecule has 3 aromatic rings. The van der Waals surface area contributed by atoms with Gasteiger partial charge in [0.25, 0.3) is 5.91 Å². The maximum absolute atomic E-state index is 12.4. The molecule has 2 aromatic carbocycles. The van der Waals surface area contributed by atoms with Crippen LogP contribution < -0.4 is 14.8 Å². The summed E-state index contributed by atoms with van der Waals surface area (Å²) in [7, 11) is 0. The molecule has 0 saturated heterocycles. The van der Waals surface area contributed by atoms with Crippen molar-refractivity contribution in [3.8, 4) is 21.9 Å². The van der Waals surface area contributed by atoms with Gasteiger partial charge in [0.15, 0.2) is 18.1 Å². The van der Waals surface area contributed by atoms with Crippen LogP contribution in [0.4, 0.5) is 5.69 Å². The molecule has 6 nitrogen and oxygen atoms in total. The van der Waals surface area contributed by atoms with Gasteiger partial charge in [-0.25, -0.2) is 4.79 Å². The summed E-state index contributed by atoms with van der Waals surface area (Å²) in [6.07, 6.45) is 0. The molecule has 2 heterocycles. The number of aryl methyl sites for hydroxylation is 1. The van der Waals surface area contributed by atoms with Gasteiger partial charge < -0.3 is 19.5 Å². The van der Waals surface area contributed by atoms with Crippen LogP contribution in [0.1, 0.15) is 20.8 Å². The van der Waals surface area contributed by atoms with Crippen molar-refractivity contribution in [1.82, 2.24) is 0 Å². The topological polar surface area (TPSA) is 73.9 Å². The quantitative estimate of drug-likeness (QED) is 0.607. The van der Waals surface area contributed by atoms with Crippen LogP contribution in [0, 0.1) is 13.8 Å². The van der Waals surface area contributed by atoms with Crippen molar-refractivity contribution in [2.45, 2.75) is 13.8 Å². The SMILES string of the molecule is Cc1cccc(NC(=O)COC(=O)c2ccc(-c3ccc4c(c3)OCCO4)s2)c1C. The van der Waals surface area contributed by atoms with Crippen LogP contribution in [0.5, 0.6) is 11.5 Å². The Morgan fingerprint density at radius 1 is 1.03 bits per heavy atom. The molecule has 0 bridgehead atoms. The summed E-state index contributed by atoms with van der Waals surface area (Å²) in [5.74, 6) is 0.510. The van der Waals surface area contributed by atoms with Crippen molar-refractivity contribution in [1.29, 1.82) is 0 Å². The number of amides is 1. The second-order valence-corrected chi connectivity index (χ2v) is 7.98. The normalized spacial score (nSPS) is 12.3. The Hall–Kier alpha value is -3.32. The van der Waals surface area contributed by atoms with Crippen molar-refractivity contribution in [2.75, 3.05) is 25.1 Å². The molecule has 1 aliphatic heterocycles. The minimum absolute atomic E-state index is 0.344. The second-order valence-electron chi connectivity index (χ2n) is 6.89. The van der Waals surface area contributed by atoms with Gasteiger partial charge in [0.2, 0.25) is 0 Å². The van der Waals surface area contributed by atoms with E-state index in [1.165, 1.54) is 11.3 Å². The third-order valence-electron chi connectivity index (χ3n) is 4.85. The predicted molar refractivity (Wildman–Crippen MR) is 116 cm³/mol. The highest BCUT2D eigenvalue weighted by molar-refractivity contribution is 7.17. The highest BCUT2D eigenvalue weighted by Crippen LogP contribution is 2.37. The summed E-state index contributed by atoms with van der Waals surface area (Å²) < 4.78 is 16.3. The van der Waals surface area contributed by atoms with Crippen molar-refractivity contribution in [3.63, 3.8) is 0 Å². The Morgan fingerprint density at radius 3 is 2.67 bits per heavy atom. The van der Waals surface area contributed by atoms with E-state index < -0.39 is 5.97 Å². The van der Waals surface area contributed by atoms with Gasteiger partial charge in [-0.15, -0.1) is 11.3 Å². The van der Waals surface area contributed by atoms with Gasteiger partial charge >= 0.3 is 5.97 Å². The minimum Gasteiger partial charge on any atom is -0.486 e. The highest BCUT2D eigenvalue weighted by Gasteiger charge is 2.17. The number of rotatable bonds is 5. The molecule has 4 rings (SSSR count). The molecule has 0 aliphatic carbocycles. The number of carbonyl (C=O) groups is 2. The number of hydrogen-bond donors (Lipinski definition) is 1. The number of anilines is 1. The fraction of sp³-hybridized carbons (Fsp3) is 0.217. The lowest BCUT2D eigenvalue weighted by atomic mass is 10.1. The lowest BCUT2D eigenvalue weighted by molar-refractivity contribution is -0.119. The molecule has 1 aromatic heterocycles. The van der Waals surface area contributed by atoms with Crippen LogP contribution in [0.3, 0.4) is 0 Å². The lowest BCUT2D eigenvalue weighted by Crippen LogP contribution is -2.21. The van der Waals surface area contributed by atoms with Gasteiger partial charge in [0, 0.05) is 10.6 Å². The van der Waals surface area contributed by atoms with Gasteiger partial charge in [-0.2, -0.15) is 0 Å². The molecule has 0 atom stereocenters. The van der Waals surface area contributed by atoms with E-state index in [9.17, 15) is 9.59 Å². The van der Waals surface area contributed by atoms with Crippen molar-refractivity contribution < 1.29 is 23.8 Å². The first-order chi connectivity index (χ1) is 14.5. The zero-order valence-electron chi connectivity index (χ0n) is 16.7. The van der Waals surface area contributed by atoms with E-state index >= 15 is 0 Å². The van der Waals surface area contributed by atoms with E-state index in [1.807, 2.05) is 56.3 Å². The van der Waals surface area contributed by atoms with Crippen LogP contribution in [0.15, 0.2) is 48.5 Å². The van der Waals surface area contributed by atoms with Crippen LogP contribution in [0.25, 0.3) is 10.4 Å². The first-order valence-electron chi connectivity index (χ1n) is 9.54. The third kappa shape index (κ3) is 4.31. The first kappa shape index (κ1) is 20.0. The lowest BCUT2D eigenvalue weighted by Gasteiger charge is -2.18. The average molecular weight is 423 g/mol. The summed E-state index contributed by atoms with van der Waals surface area (Å²) >= 11 is 1.30. The summed E-state index contributed by atoms with van der Waals surface area (Å²) in [4.78, 5) is 25.9. The molecule has 30 heavy (non-hydrogen) atoms. The monoisotopic (exact) mass is 423 g/mol. The van der Waals surface area contributed by atoms with Crippen LogP contribution >= 0.6 is 11.3 Å². The Morgan fingerprint density at radius 2 is 1.83 bits per heavy atom. The molecule has 154 valence electrons. The fourth-order valence-electron chi connectivity index (χ4n) is 3.07. The summed E-state index contributed by atoms with van der Waals surface area (Å²) in [6.45, 7) is 4.62. The molecule has 1 N–H and O–H groups in total. The number of nitrogens with one attached hydrogen (secondary N) is 1. The van der Waals surface area contributed by atoms with Crippen LogP contribution in [-0.2, 0) is 9.53 Å². The largest absolute Gasteiger partial charge is 0.486 e. The van der Waals surface area contributed by atoms with Gasteiger partial charge in [0.1, 0.15) is 18.1 Å². The van der Waals surface area contributed by atoms with Gasteiger partial charge in [0.05, 0.1) is 0 Å². The van der Waals surface area contributed by atoms with E-state index in [2.05, 4.69) is 5.32 Å².